The Morgan fingerprint density at radius 3 is 2.45 bits per heavy atom. The molecule has 1 fully saturated rings. The standard InChI is InChI=1S/C20H16F4N4O3/c1-30-11-6-13(21)15(14(22)7-11)12-8-25-18(29)16(12)26-20-28-27-19(31-20)10-4-2-9(3-5-10)17(23)24/h2-7,12,16-17H,8H2,1H3,(H,25,29)(H,26,28). The minimum atomic E-state index is -2.61. The largest absolute Gasteiger partial charge is 0.497 e. The fraction of sp³-hybridized carbons (Fsp3) is 0.250. The maximum atomic E-state index is 14.5. The van der Waals surface area contributed by atoms with Crippen LogP contribution in [0.1, 0.15) is 23.5 Å². The van der Waals surface area contributed by atoms with Crippen LogP contribution in [0.3, 0.4) is 0 Å². The Morgan fingerprint density at radius 1 is 1.16 bits per heavy atom. The lowest BCUT2D eigenvalue weighted by Crippen LogP contribution is -2.33. The van der Waals surface area contributed by atoms with Crippen molar-refractivity contribution in [2.75, 3.05) is 19.0 Å². The Hall–Kier alpha value is -3.63. The lowest BCUT2D eigenvalue weighted by molar-refractivity contribution is -0.119. The van der Waals surface area contributed by atoms with Crippen LogP contribution in [0.4, 0.5) is 23.6 Å². The number of rotatable bonds is 6. The average molecular weight is 436 g/mol. The van der Waals surface area contributed by atoms with Crippen molar-refractivity contribution in [3.63, 3.8) is 0 Å². The molecule has 1 aromatic heterocycles. The van der Waals surface area contributed by atoms with Crippen molar-refractivity contribution < 1.29 is 31.5 Å². The third kappa shape index (κ3) is 4.03. The first kappa shape index (κ1) is 20.6. The van der Waals surface area contributed by atoms with E-state index in [1.165, 1.54) is 31.4 Å². The van der Waals surface area contributed by atoms with Gasteiger partial charge in [0.1, 0.15) is 23.4 Å². The third-order valence-corrected chi connectivity index (χ3v) is 4.95. The second-order valence-electron chi connectivity index (χ2n) is 6.81. The van der Waals surface area contributed by atoms with Gasteiger partial charge in [-0.2, -0.15) is 0 Å². The summed E-state index contributed by atoms with van der Waals surface area (Å²) in [5, 5.41) is 12.9. The number of carbonyl (C=O) groups is 1. The summed E-state index contributed by atoms with van der Waals surface area (Å²) >= 11 is 0. The van der Waals surface area contributed by atoms with Crippen LogP contribution in [-0.4, -0.2) is 35.8 Å². The molecule has 7 nitrogen and oxygen atoms in total. The highest BCUT2D eigenvalue weighted by Crippen LogP contribution is 2.33. The van der Waals surface area contributed by atoms with Crippen molar-refractivity contribution in [3.8, 4) is 17.2 Å². The van der Waals surface area contributed by atoms with Crippen LogP contribution in [-0.2, 0) is 4.79 Å². The number of anilines is 1. The quantitative estimate of drug-likeness (QED) is 0.574. The fourth-order valence-corrected chi connectivity index (χ4v) is 3.39. The molecule has 0 spiro atoms. The van der Waals surface area contributed by atoms with Gasteiger partial charge in [-0.15, -0.1) is 5.10 Å². The Kier molecular flexibility index (Phi) is 5.49. The van der Waals surface area contributed by atoms with Crippen LogP contribution in [0, 0.1) is 11.6 Å². The number of ether oxygens (including phenoxy) is 1. The lowest BCUT2D eigenvalue weighted by atomic mass is 9.93. The van der Waals surface area contributed by atoms with E-state index in [0.29, 0.717) is 5.56 Å². The molecule has 2 unspecified atom stereocenters. The zero-order valence-corrected chi connectivity index (χ0v) is 16.0. The molecule has 162 valence electrons. The van der Waals surface area contributed by atoms with Crippen molar-refractivity contribution >= 4 is 11.9 Å². The monoisotopic (exact) mass is 436 g/mol. The predicted molar refractivity (Wildman–Crippen MR) is 101 cm³/mol. The summed E-state index contributed by atoms with van der Waals surface area (Å²) in [6, 6.07) is 6.08. The first-order valence-electron chi connectivity index (χ1n) is 9.16. The number of carbonyl (C=O) groups excluding carboxylic acids is 1. The highest BCUT2D eigenvalue weighted by molar-refractivity contribution is 5.88. The molecule has 2 atom stereocenters. The van der Waals surface area contributed by atoms with Crippen LogP contribution in [0.25, 0.3) is 11.5 Å². The van der Waals surface area contributed by atoms with E-state index in [9.17, 15) is 22.4 Å². The molecule has 1 aliphatic rings. The predicted octanol–water partition coefficient (Wildman–Crippen LogP) is 3.66. The minimum Gasteiger partial charge on any atom is -0.497 e. The molecule has 2 heterocycles. The maximum absolute atomic E-state index is 14.5. The molecule has 1 aliphatic heterocycles. The molecule has 31 heavy (non-hydrogen) atoms. The Morgan fingerprint density at radius 2 is 1.84 bits per heavy atom. The van der Waals surface area contributed by atoms with Gasteiger partial charge in [-0.3, -0.25) is 4.79 Å². The number of amides is 1. The molecule has 2 N–H and O–H groups in total. The van der Waals surface area contributed by atoms with Gasteiger partial charge in [-0.25, -0.2) is 17.6 Å². The smallest absolute Gasteiger partial charge is 0.316 e. The van der Waals surface area contributed by atoms with Gasteiger partial charge in [-0.1, -0.05) is 17.2 Å². The Bertz CT molecular complexity index is 1080. The van der Waals surface area contributed by atoms with Crippen molar-refractivity contribution in [1.82, 2.24) is 15.5 Å². The van der Waals surface area contributed by atoms with Crippen LogP contribution in [0.5, 0.6) is 5.75 Å². The summed E-state index contributed by atoms with van der Waals surface area (Å²) < 4.78 is 64.7. The maximum Gasteiger partial charge on any atom is 0.316 e. The van der Waals surface area contributed by atoms with Crippen LogP contribution in [0.15, 0.2) is 40.8 Å². The summed E-state index contributed by atoms with van der Waals surface area (Å²) in [7, 11) is 1.28. The van der Waals surface area contributed by atoms with E-state index in [2.05, 4.69) is 20.8 Å². The second-order valence-corrected chi connectivity index (χ2v) is 6.81. The van der Waals surface area contributed by atoms with Crippen molar-refractivity contribution in [2.24, 2.45) is 0 Å². The number of hydrogen-bond donors (Lipinski definition) is 2. The number of methoxy groups -OCH3 is 1. The molecule has 3 aromatic rings. The zero-order chi connectivity index (χ0) is 22.1. The van der Waals surface area contributed by atoms with E-state index in [-0.39, 0.29) is 35.3 Å². The topological polar surface area (TPSA) is 89.3 Å². The van der Waals surface area contributed by atoms with Gasteiger partial charge < -0.3 is 19.8 Å². The number of nitrogens with one attached hydrogen (secondary N) is 2. The normalized spacial score (nSPS) is 18.3. The molecule has 0 aliphatic carbocycles. The van der Waals surface area contributed by atoms with Crippen LogP contribution in [0.2, 0.25) is 0 Å². The van der Waals surface area contributed by atoms with Gasteiger partial charge >= 0.3 is 6.01 Å². The number of halogens is 4. The second kappa shape index (κ2) is 8.25. The molecule has 0 radical (unpaired) electrons. The van der Waals surface area contributed by atoms with Crippen LogP contribution < -0.4 is 15.4 Å². The summed E-state index contributed by atoms with van der Waals surface area (Å²) in [6.07, 6.45) is -2.61. The van der Waals surface area contributed by atoms with Crippen molar-refractivity contribution in [2.45, 2.75) is 18.4 Å². The molecule has 1 saturated heterocycles. The Labute approximate surface area is 173 Å². The van der Waals surface area contributed by atoms with Crippen LogP contribution >= 0.6 is 0 Å². The van der Waals surface area contributed by atoms with E-state index in [0.717, 1.165) is 12.1 Å². The summed E-state index contributed by atoms with van der Waals surface area (Å²) in [6.45, 7) is -0.00719. The SMILES string of the molecule is COc1cc(F)c(C2CNC(=O)C2Nc2nnc(-c3ccc(C(F)F)cc3)o2)c(F)c1. The zero-order valence-electron chi connectivity index (χ0n) is 16.0. The van der Waals surface area contributed by atoms with E-state index in [4.69, 9.17) is 9.15 Å². The first-order chi connectivity index (χ1) is 14.9. The van der Waals surface area contributed by atoms with Crippen molar-refractivity contribution in [1.29, 1.82) is 0 Å². The number of aromatic nitrogens is 2. The molecular formula is C20H16F4N4O3. The highest BCUT2D eigenvalue weighted by Gasteiger charge is 2.40. The van der Waals surface area contributed by atoms with Crippen molar-refractivity contribution in [3.05, 3.63) is 59.2 Å². The third-order valence-electron chi connectivity index (χ3n) is 4.95. The molecular weight excluding hydrogens is 420 g/mol. The molecule has 1 amide bonds. The van der Waals surface area contributed by atoms with E-state index in [1.54, 1.807) is 0 Å². The molecule has 0 saturated carbocycles. The fourth-order valence-electron chi connectivity index (χ4n) is 3.39. The molecule has 4 rings (SSSR count). The average Bonchev–Trinajstić information content (AvgIpc) is 3.36. The number of hydrogen-bond acceptors (Lipinski definition) is 6. The van der Waals surface area contributed by atoms with Gasteiger partial charge in [0.05, 0.1) is 7.11 Å². The van der Waals surface area contributed by atoms with E-state index < -0.39 is 35.9 Å². The summed E-state index contributed by atoms with van der Waals surface area (Å²) in [5.41, 5.74) is -0.0424. The Balaban J connectivity index is 1.57. The van der Waals surface area contributed by atoms with Gasteiger partial charge in [0, 0.05) is 41.3 Å². The molecule has 2 aromatic carbocycles. The number of alkyl halides is 2. The first-order valence-corrected chi connectivity index (χ1v) is 9.16. The number of benzene rings is 2. The lowest BCUT2D eigenvalue weighted by Gasteiger charge is -2.19. The van der Waals surface area contributed by atoms with Gasteiger partial charge in [-0.05, 0) is 12.1 Å². The van der Waals surface area contributed by atoms with Gasteiger partial charge in [0.25, 0.3) is 6.43 Å². The molecule has 11 heteroatoms. The summed E-state index contributed by atoms with van der Waals surface area (Å²) in [4.78, 5) is 12.3. The van der Waals surface area contributed by atoms with E-state index >= 15 is 0 Å². The number of nitrogens with zero attached hydrogens (tertiary/aromatic N) is 2. The van der Waals surface area contributed by atoms with E-state index in [1.807, 2.05) is 0 Å². The summed E-state index contributed by atoms with van der Waals surface area (Å²) in [5.74, 6) is -3.05. The van der Waals surface area contributed by atoms with Gasteiger partial charge in [0.15, 0.2) is 0 Å². The molecule has 0 bridgehead atoms. The minimum absolute atomic E-state index is 0.00719. The highest BCUT2D eigenvalue weighted by atomic mass is 19.3. The van der Waals surface area contributed by atoms with Gasteiger partial charge in [0.2, 0.25) is 11.8 Å².